The Morgan fingerprint density at radius 1 is 1.23 bits per heavy atom. The first kappa shape index (κ1) is 10.2. The highest BCUT2D eigenvalue weighted by molar-refractivity contribution is 4.87. The number of hydrogen-bond donors (Lipinski definition) is 0. The fourth-order valence-corrected chi connectivity index (χ4v) is 1.31. The molecule has 1 rings (SSSR count). The van der Waals surface area contributed by atoms with E-state index >= 15 is 0 Å². The minimum absolute atomic E-state index is 0.847. The molecule has 13 heavy (non-hydrogen) atoms. The first-order chi connectivity index (χ1) is 6.17. The zero-order chi connectivity index (χ0) is 9.84. The van der Waals surface area contributed by atoms with E-state index in [1.165, 1.54) is 0 Å². The molecule has 1 aromatic rings. The Morgan fingerprint density at radius 2 is 1.85 bits per heavy atom. The molecular weight excluding hydrogens is 164 g/mol. The highest BCUT2D eigenvalue weighted by atomic mass is 15.4. The normalized spacial score (nSPS) is 11.2. The van der Waals surface area contributed by atoms with Gasteiger partial charge in [-0.3, -0.25) is 4.90 Å². The second kappa shape index (κ2) is 4.37. The van der Waals surface area contributed by atoms with Gasteiger partial charge in [-0.15, -0.1) is 0 Å². The van der Waals surface area contributed by atoms with E-state index in [2.05, 4.69) is 28.8 Å². The fraction of sp³-hybridized carbons (Fsp3) is 0.778. The van der Waals surface area contributed by atoms with Crippen molar-refractivity contribution in [2.75, 3.05) is 13.1 Å². The summed E-state index contributed by atoms with van der Waals surface area (Å²) < 4.78 is 1.95. The smallest absolute Gasteiger partial charge is 0.147 e. The Bertz CT molecular complexity index is 263. The predicted molar refractivity (Wildman–Crippen MR) is 52.4 cm³/mol. The van der Waals surface area contributed by atoms with Crippen molar-refractivity contribution in [3.8, 4) is 0 Å². The van der Waals surface area contributed by atoms with Crippen molar-refractivity contribution in [3.63, 3.8) is 0 Å². The van der Waals surface area contributed by atoms with Gasteiger partial charge in [0, 0.05) is 0 Å². The van der Waals surface area contributed by atoms with Crippen molar-refractivity contribution in [3.05, 3.63) is 11.6 Å². The Balaban J connectivity index is 2.67. The molecule has 0 radical (unpaired) electrons. The molecule has 0 aliphatic rings. The predicted octanol–water partition coefficient (Wildman–Crippen LogP) is 1.19. The Kier molecular flexibility index (Phi) is 3.42. The lowest BCUT2D eigenvalue weighted by Gasteiger charge is -2.17. The number of aryl methyl sites for hydroxylation is 2. The second-order valence-corrected chi connectivity index (χ2v) is 3.15. The van der Waals surface area contributed by atoms with Crippen LogP contribution in [-0.4, -0.2) is 32.8 Å². The van der Waals surface area contributed by atoms with Crippen LogP contribution in [0.15, 0.2) is 0 Å². The standard InChI is InChI=1S/C9H18N4/c1-5-12(6-2)7-13-9(4)10-8(3)11-13/h5-7H2,1-4H3. The van der Waals surface area contributed by atoms with Gasteiger partial charge < -0.3 is 0 Å². The van der Waals surface area contributed by atoms with Gasteiger partial charge in [0.25, 0.3) is 0 Å². The average Bonchev–Trinajstić information content (AvgIpc) is 2.41. The maximum atomic E-state index is 4.31. The van der Waals surface area contributed by atoms with Crippen LogP contribution < -0.4 is 0 Å². The minimum Gasteiger partial charge on any atom is -0.285 e. The van der Waals surface area contributed by atoms with Crippen LogP contribution >= 0.6 is 0 Å². The van der Waals surface area contributed by atoms with Gasteiger partial charge >= 0.3 is 0 Å². The third kappa shape index (κ3) is 2.52. The molecule has 4 heteroatoms. The second-order valence-electron chi connectivity index (χ2n) is 3.15. The quantitative estimate of drug-likeness (QED) is 0.701. The first-order valence-electron chi connectivity index (χ1n) is 4.77. The van der Waals surface area contributed by atoms with Gasteiger partial charge in [0.2, 0.25) is 0 Å². The van der Waals surface area contributed by atoms with Crippen molar-refractivity contribution < 1.29 is 0 Å². The summed E-state index contributed by atoms with van der Waals surface area (Å²) in [4.78, 5) is 6.56. The van der Waals surface area contributed by atoms with E-state index in [-0.39, 0.29) is 0 Å². The summed E-state index contributed by atoms with van der Waals surface area (Å²) >= 11 is 0. The van der Waals surface area contributed by atoms with Crippen LogP contribution in [0, 0.1) is 13.8 Å². The van der Waals surface area contributed by atoms with Crippen LogP contribution in [0.4, 0.5) is 0 Å². The van der Waals surface area contributed by atoms with E-state index in [0.717, 1.165) is 31.4 Å². The molecule has 0 N–H and O–H groups in total. The van der Waals surface area contributed by atoms with E-state index < -0.39 is 0 Å². The molecule has 0 aromatic carbocycles. The van der Waals surface area contributed by atoms with Crippen molar-refractivity contribution >= 4 is 0 Å². The van der Waals surface area contributed by atoms with Gasteiger partial charge in [-0.1, -0.05) is 13.8 Å². The molecule has 0 fully saturated rings. The summed E-state index contributed by atoms with van der Waals surface area (Å²) in [5.41, 5.74) is 0. The van der Waals surface area contributed by atoms with E-state index in [4.69, 9.17) is 0 Å². The molecule has 0 aliphatic heterocycles. The largest absolute Gasteiger partial charge is 0.285 e. The summed E-state index contributed by atoms with van der Waals surface area (Å²) in [7, 11) is 0. The molecule has 1 heterocycles. The monoisotopic (exact) mass is 182 g/mol. The topological polar surface area (TPSA) is 34.0 Å². The van der Waals surface area contributed by atoms with Gasteiger partial charge in [0.05, 0.1) is 6.67 Å². The molecule has 0 atom stereocenters. The molecular formula is C9H18N4. The van der Waals surface area contributed by atoms with Crippen molar-refractivity contribution in [1.82, 2.24) is 19.7 Å². The molecule has 0 unspecified atom stereocenters. The molecule has 0 saturated heterocycles. The molecule has 1 aromatic heterocycles. The maximum Gasteiger partial charge on any atom is 0.147 e. The lowest BCUT2D eigenvalue weighted by molar-refractivity contribution is 0.226. The summed E-state index contributed by atoms with van der Waals surface area (Å²) in [5, 5.41) is 4.31. The lowest BCUT2D eigenvalue weighted by Crippen LogP contribution is -2.27. The van der Waals surface area contributed by atoms with Crippen LogP contribution in [0.5, 0.6) is 0 Å². The number of rotatable bonds is 4. The van der Waals surface area contributed by atoms with E-state index in [9.17, 15) is 0 Å². The molecule has 74 valence electrons. The molecule has 0 amide bonds. The SMILES string of the molecule is CCN(CC)Cn1nc(C)nc1C. The highest BCUT2D eigenvalue weighted by Gasteiger charge is 2.05. The molecule has 0 aliphatic carbocycles. The van der Waals surface area contributed by atoms with Crippen LogP contribution in [-0.2, 0) is 6.67 Å². The summed E-state index contributed by atoms with van der Waals surface area (Å²) in [5.74, 6) is 1.84. The van der Waals surface area contributed by atoms with Crippen molar-refractivity contribution in [1.29, 1.82) is 0 Å². The van der Waals surface area contributed by atoms with E-state index in [1.54, 1.807) is 0 Å². The summed E-state index contributed by atoms with van der Waals surface area (Å²) in [6.07, 6.45) is 0. The summed E-state index contributed by atoms with van der Waals surface area (Å²) in [6.45, 7) is 11.2. The fourth-order valence-electron chi connectivity index (χ4n) is 1.31. The Hall–Kier alpha value is -0.900. The van der Waals surface area contributed by atoms with E-state index in [0.29, 0.717) is 0 Å². The van der Waals surface area contributed by atoms with Crippen molar-refractivity contribution in [2.24, 2.45) is 0 Å². The molecule has 0 saturated carbocycles. The first-order valence-corrected chi connectivity index (χ1v) is 4.77. The number of aromatic nitrogens is 3. The lowest BCUT2D eigenvalue weighted by atomic mass is 10.5. The van der Waals surface area contributed by atoms with Crippen LogP contribution in [0.25, 0.3) is 0 Å². The zero-order valence-electron chi connectivity index (χ0n) is 8.91. The van der Waals surface area contributed by atoms with E-state index in [1.807, 2.05) is 18.5 Å². The molecule has 0 spiro atoms. The van der Waals surface area contributed by atoms with Crippen LogP contribution in [0.3, 0.4) is 0 Å². The highest BCUT2D eigenvalue weighted by Crippen LogP contribution is 1.98. The van der Waals surface area contributed by atoms with Gasteiger partial charge in [0.1, 0.15) is 11.6 Å². The zero-order valence-corrected chi connectivity index (χ0v) is 8.91. The molecule has 0 bridgehead atoms. The van der Waals surface area contributed by atoms with Gasteiger partial charge in [-0.05, 0) is 26.9 Å². The Labute approximate surface area is 79.6 Å². The minimum atomic E-state index is 0.847. The third-order valence-electron chi connectivity index (χ3n) is 2.19. The van der Waals surface area contributed by atoms with Crippen LogP contribution in [0.1, 0.15) is 25.5 Å². The van der Waals surface area contributed by atoms with Gasteiger partial charge in [0.15, 0.2) is 0 Å². The van der Waals surface area contributed by atoms with Crippen LogP contribution in [0.2, 0.25) is 0 Å². The van der Waals surface area contributed by atoms with Gasteiger partial charge in [-0.2, -0.15) is 5.10 Å². The average molecular weight is 182 g/mol. The summed E-state index contributed by atoms with van der Waals surface area (Å²) in [6, 6.07) is 0. The maximum absolute atomic E-state index is 4.31. The number of hydrogen-bond acceptors (Lipinski definition) is 3. The Morgan fingerprint density at radius 3 is 2.23 bits per heavy atom. The third-order valence-corrected chi connectivity index (χ3v) is 2.19. The number of nitrogens with zero attached hydrogens (tertiary/aromatic N) is 4. The van der Waals surface area contributed by atoms with Gasteiger partial charge in [-0.25, -0.2) is 9.67 Å². The van der Waals surface area contributed by atoms with Crippen molar-refractivity contribution in [2.45, 2.75) is 34.4 Å². The molecule has 4 nitrogen and oxygen atoms in total.